The number of halogens is 1. The average molecular weight is 297 g/mol. The Balaban J connectivity index is 0.00000200. The van der Waals surface area contributed by atoms with E-state index in [-0.39, 0.29) is 18.3 Å². The average Bonchev–Trinajstić information content (AvgIpc) is 2.93. The van der Waals surface area contributed by atoms with Crippen LogP contribution in [0.15, 0.2) is 30.3 Å². The van der Waals surface area contributed by atoms with E-state index in [0.29, 0.717) is 6.42 Å². The molecule has 3 nitrogen and oxygen atoms in total. The van der Waals surface area contributed by atoms with Gasteiger partial charge in [0.25, 0.3) is 0 Å². The molecular formula is C16H25ClN2O. The lowest BCUT2D eigenvalue weighted by Gasteiger charge is -2.14. The molecule has 2 rings (SSSR count). The number of amides is 1. The Morgan fingerprint density at radius 2 is 1.90 bits per heavy atom. The molecule has 1 aliphatic rings. The van der Waals surface area contributed by atoms with Crippen molar-refractivity contribution in [1.82, 2.24) is 5.32 Å². The van der Waals surface area contributed by atoms with Gasteiger partial charge in [0.05, 0.1) is 6.04 Å². The number of carbonyl (C=O) groups excluding carboxylic acids is 1. The van der Waals surface area contributed by atoms with Crippen LogP contribution >= 0.6 is 12.4 Å². The fraction of sp³-hybridized carbons (Fsp3) is 0.562. The first-order valence-electron chi connectivity index (χ1n) is 7.33. The van der Waals surface area contributed by atoms with Crippen molar-refractivity contribution in [3.05, 3.63) is 35.9 Å². The summed E-state index contributed by atoms with van der Waals surface area (Å²) in [5.74, 6) is 0.785. The predicted octanol–water partition coefficient (Wildman–Crippen LogP) is 2.67. The van der Waals surface area contributed by atoms with Crippen molar-refractivity contribution in [1.29, 1.82) is 0 Å². The Morgan fingerprint density at radius 1 is 1.25 bits per heavy atom. The normalized spacial score (nSPS) is 16.4. The molecule has 0 spiro atoms. The predicted molar refractivity (Wildman–Crippen MR) is 85.0 cm³/mol. The molecule has 1 aromatic carbocycles. The summed E-state index contributed by atoms with van der Waals surface area (Å²) in [6, 6.07) is 9.49. The summed E-state index contributed by atoms with van der Waals surface area (Å²) in [5, 5.41) is 2.97. The summed E-state index contributed by atoms with van der Waals surface area (Å²) in [6.07, 6.45) is 7.07. The zero-order valence-electron chi connectivity index (χ0n) is 11.9. The van der Waals surface area contributed by atoms with E-state index in [1.165, 1.54) is 25.7 Å². The van der Waals surface area contributed by atoms with E-state index in [9.17, 15) is 4.79 Å². The molecule has 0 radical (unpaired) electrons. The quantitative estimate of drug-likeness (QED) is 0.848. The minimum Gasteiger partial charge on any atom is -0.355 e. The summed E-state index contributed by atoms with van der Waals surface area (Å²) >= 11 is 0. The van der Waals surface area contributed by atoms with E-state index in [1.807, 2.05) is 30.3 Å². The van der Waals surface area contributed by atoms with Gasteiger partial charge in [-0.2, -0.15) is 0 Å². The van der Waals surface area contributed by atoms with E-state index < -0.39 is 6.04 Å². The van der Waals surface area contributed by atoms with Crippen LogP contribution in [0.4, 0.5) is 0 Å². The minimum absolute atomic E-state index is 0. The van der Waals surface area contributed by atoms with Crippen LogP contribution in [0.1, 0.15) is 37.7 Å². The molecule has 1 fully saturated rings. The van der Waals surface area contributed by atoms with E-state index in [2.05, 4.69) is 5.32 Å². The van der Waals surface area contributed by atoms with Gasteiger partial charge >= 0.3 is 0 Å². The third-order valence-electron chi connectivity index (χ3n) is 3.96. The Hall–Kier alpha value is -1.06. The first-order valence-corrected chi connectivity index (χ1v) is 7.33. The summed E-state index contributed by atoms with van der Waals surface area (Å²) in [5.41, 5.74) is 7.04. The van der Waals surface area contributed by atoms with Crippen LogP contribution in [-0.4, -0.2) is 18.5 Å². The van der Waals surface area contributed by atoms with Crippen molar-refractivity contribution < 1.29 is 4.79 Å². The summed E-state index contributed by atoms with van der Waals surface area (Å²) in [7, 11) is 0. The van der Waals surface area contributed by atoms with Crippen LogP contribution in [0.25, 0.3) is 0 Å². The van der Waals surface area contributed by atoms with Gasteiger partial charge in [0, 0.05) is 6.54 Å². The molecule has 0 aliphatic heterocycles. The van der Waals surface area contributed by atoms with E-state index in [4.69, 9.17) is 5.73 Å². The SMILES string of the molecule is Cl.N[C@@H](Cc1ccccc1)C(=O)NCCC1CCCC1. The molecule has 0 bridgehead atoms. The molecule has 0 unspecified atom stereocenters. The Bertz CT molecular complexity index is 391. The lowest BCUT2D eigenvalue weighted by molar-refractivity contribution is -0.122. The standard InChI is InChI=1S/C16H24N2O.ClH/c17-15(12-14-8-2-1-3-9-14)16(19)18-11-10-13-6-4-5-7-13;/h1-3,8-9,13,15H,4-7,10-12,17H2,(H,18,19);1H/t15-;/m0./s1. The fourth-order valence-electron chi connectivity index (χ4n) is 2.79. The van der Waals surface area contributed by atoms with E-state index >= 15 is 0 Å². The van der Waals surface area contributed by atoms with Gasteiger partial charge in [-0.25, -0.2) is 0 Å². The van der Waals surface area contributed by atoms with Crippen LogP contribution in [0.2, 0.25) is 0 Å². The Morgan fingerprint density at radius 3 is 2.55 bits per heavy atom. The summed E-state index contributed by atoms with van der Waals surface area (Å²) < 4.78 is 0. The molecule has 1 saturated carbocycles. The topological polar surface area (TPSA) is 55.1 Å². The van der Waals surface area contributed by atoms with Crippen LogP contribution in [0.3, 0.4) is 0 Å². The minimum atomic E-state index is -0.439. The van der Waals surface area contributed by atoms with Gasteiger partial charge in [0.15, 0.2) is 0 Å². The summed E-state index contributed by atoms with van der Waals surface area (Å²) in [6.45, 7) is 0.770. The van der Waals surface area contributed by atoms with Gasteiger partial charge in [-0.15, -0.1) is 12.4 Å². The molecule has 0 heterocycles. The van der Waals surface area contributed by atoms with E-state index in [1.54, 1.807) is 0 Å². The highest BCUT2D eigenvalue weighted by Crippen LogP contribution is 2.26. The van der Waals surface area contributed by atoms with Crippen LogP contribution < -0.4 is 11.1 Å². The van der Waals surface area contributed by atoms with Crippen molar-refractivity contribution in [2.24, 2.45) is 11.7 Å². The molecule has 1 atom stereocenters. The van der Waals surface area contributed by atoms with Crippen molar-refractivity contribution >= 4 is 18.3 Å². The molecule has 1 amide bonds. The van der Waals surface area contributed by atoms with E-state index in [0.717, 1.165) is 24.4 Å². The molecule has 4 heteroatoms. The second-order valence-corrected chi connectivity index (χ2v) is 5.53. The molecule has 20 heavy (non-hydrogen) atoms. The van der Waals surface area contributed by atoms with Gasteiger partial charge in [-0.3, -0.25) is 4.79 Å². The monoisotopic (exact) mass is 296 g/mol. The first-order chi connectivity index (χ1) is 9.25. The fourth-order valence-corrected chi connectivity index (χ4v) is 2.79. The second kappa shape index (κ2) is 8.98. The maximum atomic E-state index is 11.9. The first kappa shape index (κ1) is 17.0. The van der Waals surface area contributed by atoms with Crippen LogP contribution in [0, 0.1) is 5.92 Å². The van der Waals surface area contributed by atoms with Crippen molar-refractivity contribution in [3.63, 3.8) is 0 Å². The number of hydrogen-bond donors (Lipinski definition) is 2. The third-order valence-corrected chi connectivity index (χ3v) is 3.96. The van der Waals surface area contributed by atoms with Crippen LogP contribution in [-0.2, 0) is 11.2 Å². The molecular weight excluding hydrogens is 272 g/mol. The zero-order valence-corrected chi connectivity index (χ0v) is 12.7. The number of nitrogens with one attached hydrogen (secondary N) is 1. The highest BCUT2D eigenvalue weighted by Gasteiger charge is 2.17. The highest BCUT2D eigenvalue weighted by molar-refractivity contribution is 5.85. The molecule has 112 valence electrons. The number of hydrogen-bond acceptors (Lipinski definition) is 2. The zero-order chi connectivity index (χ0) is 13.5. The van der Waals surface area contributed by atoms with Gasteiger partial charge < -0.3 is 11.1 Å². The largest absolute Gasteiger partial charge is 0.355 e. The molecule has 0 saturated heterocycles. The maximum absolute atomic E-state index is 11.9. The molecule has 1 aliphatic carbocycles. The van der Waals surface area contributed by atoms with Gasteiger partial charge in [-0.1, -0.05) is 56.0 Å². The highest BCUT2D eigenvalue weighted by atomic mass is 35.5. The van der Waals surface area contributed by atoms with Gasteiger partial charge in [-0.05, 0) is 24.3 Å². The van der Waals surface area contributed by atoms with Crippen molar-refractivity contribution in [3.8, 4) is 0 Å². The Labute approximate surface area is 127 Å². The Kier molecular flexibility index (Phi) is 7.63. The number of carbonyl (C=O) groups is 1. The maximum Gasteiger partial charge on any atom is 0.237 e. The lowest BCUT2D eigenvalue weighted by atomic mass is 10.0. The van der Waals surface area contributed by atoms with Crippen LogP contribution in [0.5, 0.6) is 0 Å². The number of benzene rings is 1. The summed E-state index contributed by atoms with van der Waals surface area (Å²) in [4.78, 5) is 11.9. The van der Waals surface area contributed by atoms with Crippen molar-refractivity contribution in [2.75, 3.05) is 6.54 Å². The molecule has 1 aromatic rings. The molecule has 3 N–H and O–H groups in total. The molecule has 0 aromatic heterocycles. The third kappa shape index (κ3) is 5.51. The smallest absolute Gasteiger partial charge is 0.237 e. The van der Waals surface area contributed by atoms with Crippen molar-refractivity contribution in [2.45, 2.75) is 44.6 Å². The number of nitrogens with two attached hydrogens (primary N) is 1. The second-order valence-electron chi connectivity index (χ2n) is 5.53. The van der Waals surface area contributed by atoms with Gasteiger partial charge in [0.2, 0.25) is 5.91 Å². The lowest BCUT2D eigenvalue weighted by Crippen LogP contribution is -2.42. The van der Waals surface area contributed by atoms with Gasteiger partial charge in [0.1, 0.15) is 0 Å². The number of rotatable bonds is 6.